The van der Waals surface area contributed by atoms with Crippen LogP contribution in [0.25, 0.3) is 0 Å². The maximum atomic E-state index is 11.6. The summed E-state index contributed by atoms with van der Waals surface area (Å²) in [6.07, 6.45) is 11.3. The lowest BCUT2D eigenvalue weighted by atomic mass is 9.43. The molecule has 174 valence electrons. The van der Waals surface area contributed by atoms with Crippen LogP contribution in [-0.2, 0) is 0 Å². The van der Waals surface area contributed by atoms with Gasteiger partial charge >= 0.3 is 0 Å². The van der Waals surface area contributed by atoms with Gasteiger partial charge in [-0.2, -0.15) is 0 Å². The van der Waals surface area contributed by atoms with Crippen molar-refractivity contribution >= 4 is 0 Å². The molecule has 4 aliphatic carbocycles. The van der Waals surface area contributed by atoms with Crippen molar-refractivity contribution in [2.75, 3.05) is 0 Å². The molecule has 0 saturated heterocycles. The van der Waals surface area contributed by atoms with Gasteiger partial charge in [-0.1, -0.05) is 40.5 Å². The standard InChI is InChI=1S/C27H48O3/c1-17(2)7-6-12-27(5,30)24-9-8-20-19-16-23(29)22-15-18(28)10-13-25(22,3)21(19)11-14-26(20,24)4/h17-24,28-30H,6-16H2,1-5H3/t18?,19-,20-,21-,22?,23?,24-,25+,26-,27-/m0/s1. The van der Waals surface area contributed by atoms with Crippen LogP contribution in [0.2, 0.25) is 0 Å². The fraction of sp³-hybridized carbons (Fsp3) is 1.00. The molecule has 3 unspecified atom stereocenters. The van der Waals surface area contributed by atoms with Crippen LogP contribution in [0.15, 0.2) is 0 Å². The maximum absolute atomic E-state index is 11.6. The molecule has 4 aliphatic rings. The zero-order valence-electron chi connectivity index (χ0n) is 20.2. The predicted octanol–water partition coefficient (Wildman–Crippen LogP) is 5.55. The van der Waals surface area contributed by atoms with Gasteiger partial charge in [-0.15, -0.1) is 0 Å². The lowest BCUT2D eigenvalue weighted by molar-refractivity contribution is -0.179. The quantitative estimate of drug-likeness (QED) is 0.546. The van der Waals surface area contributed by atoms with Gasteiger partial charge in [-0.25, -0.2) is 0 Å². The molecule has 10 atom stereocenters. The molecular formula is C27H48O3. The summed E-state index contributed by atoms with van der Waals surface area (Å²) in [6, 6.07) is 0. The third kappa shape index (κ3) is 3.69. The summed E-state index contributed by atoms with van der Waals surface area (Å²) in [6.45, 7) is 11.6. The van der Waals surface area contributed by atoms with Crippen LogP contribution in [0, 0.1) is 46.3 Å². The number of aliphatic hydroxyl groups excluding tert-OH is 2. The van der Waals surface area contributed by atoms with Crippen molar-refractivity contribution in [2.45, 2.75) is 123 Å². The van der Waals surface area contributed by atoms with Gasteiger partial charge in [0.05, 0.1) is 17.8 Å². The van der Waals surface area contributed by atoms with E-state index < -0.39 is 5.60 Å². The first-order valence-electron chi connectivity index (χ1n) is 13.1. The summed E-state index contributed by atoms with van der Waals surface area (Å²) >= 11 is 0. The minimum Gasteiger partial charge on any atom is -0.393 e. The van der Waals surface area contributed by atoms with E-state index in [1.54, 1.807) is 0 Å². The first-order chi connectivity index (χ1) is 14.0. The van der Waals surface area contributed by atoms with Gasteiger partial charge < -0.3 is 15.3 Å². The Bertz CT molecular complexity index is 615. The largest absolute Gasteiger partial charge is 0.393 e. The zero-order valence-corrected chi connectivity index (χ0v) is 20.2. The molecule has 3 N–H and O–H groups in total. The van der Waals surface area contributed by atoms with Gasteiger partial charge in [0, 0.05) is 0 Å². The maximum Gasteiger partial charge on any atom is 0.0653 e. The van der Waals surface area contributed by atoms with Crippen LogP contribution in [-0.4, -0.2) is 33.1 Å². The fourth-order valence-electron chi connectivity index (χ4n) is 9.34. The highest BCUT2D eigenvalue weighted by atomic mass is 16.3. The molecule has 0 heterocycles. The van der Waals surface area contributed by atoms with Gasteiger partial charge in [-0.3, -0.25) is 0 Å². The zero-order chi connectivity index (χ0) is 21.9. The summed E-state index contributed by atoms with van der Waals surface area (Å²) < 4.78 is 0. The molecule has 3 nitrogen and oxygen atoms in total. The smallest absolute Gasteiger partial charge is 0.0653 e. The Hall–Kier alpha value is -0.120. The molecule has 0 radical (unpaired) electrons. The SMILES string of the molecule is CC(C)CCC[C@](C)(O)[C@H]1CC[C@H]2[C@@H]3CC(O)C4CC(O)CC[C@]4(C)[C@H]3CC[C@@]21C. The molecule has 0 aliphatic heterocycles. The van der Waals surface area contributed by atoms with E-state index in [2.05, 4.69) is 34.6 Å². The van der Waals surface area contributed by atoms with Gasteiger partial charge in [0.25, 0.3) is 0 Å². The monoisotopic (exact) mass is 420 g/mol. The highest BCUT2D eigenvalue weighted by Gasteiger charge is 2.63. The third-order valence-corrected chi connectivity index (χ3v) is 10.9. The number of rotatable bonds is 5. The summed E-state index contributed by atoms with van der Waals surface area (Å²) in [5.41, 5.74) is -0.180. The van der Waals surface area contributed by atoms with E-state index in [-0.39, 0.29) is 29.0 Å². The van der Waals surface area contributed by atoms with Gasteiger partial charge in [0.1, 0.15) is 0 Å². The van der Waals surface area contributed by atoms with Crippen molar-refractivity contribution in [1.82, 2.24) is 0 Å². The fourth-order valence-corrected chi connectivity index (χ4v) is 9.34. The Morgan fingerprint density at radius 2 is 1.57 bits per heavy atom. The topological polar surface area (TPSA) is 60.7 Å². The van der Waals surface area contributed by atoms with Gasteiger partial charge in [0.2, 0.25) is 0 Å². The molecule has 30 heavy (non-hydrogen) atoms. The molecule has 0 aromatic rings. The lowest BCUT2D eigenvalue weighted by Gasteiger charge is -2.62. The van der Waals surface area contributed by atoms with Crippen LogP contribution in [0.5, 0.6) is 0 Å². The number of hydrogen-bond acceptors (Lipinski definition) is 3. The average molecular weight is 421 g/mol. The van der Waals surface area contributed by atoms with Crippen molar-refractivity contribution in [2.24, 2.45) is 46.3 Å². The Labute approximate surface area is 185 Å². The number of aliphatic hydroxyl groups is 3. The molecule has 4 rings (SSSR count). The normalized spacial score (nSPS) is 50.5. The third-order valence-electron chi connectivity index (χ3n) is 10.9. The minimum atomic E-state index is -0.570. The van der Waals surface area contributed by atoms with Crippen LogP contribution in [0.4, 0.5) is 0 Å². The van der Waals surface area contributed by atoms with Crippen LogP contribution >= 0.6 is 0 Å². The van der Waals surface area contributed by atoms with E-state index in [0.29, 0.717) is 29.6 Å². The molecule has 0 aromatic carbocycles. The highest BCUT2D eigenvalue weighted by Crippen LogP contribution is 2.68. The van der Waals surface area contributed by atoms with Gasteiger partial charge in [0.15, 0.2) is 0 Å². The molecule has 0 amide bonds. The van der Waals surface area contributed by atoms with E-state index in [0.717, 1.165) is 44.9 Å². The average Bonchev–Trinajstić information content (AvgIpc) is 3.01. The molecule has 0 bridgehead atoms. The van der Waals surface area contributed by atoms with Crippen molar-refractivity contribution in [3.8, 4) is 0 Å². The second-order valence-electron chi connectivity index (χ2n) is 13.0. The molecular weight excluding hydrogens is 372 g/mol. The predicted molar refractivity (Wildman–Crippen MR) is 122 cm³/mol. The Balaban J connectivity index is 1.53. The molecule has 4 fully saturated rings. The van der Waals surface area contributed by atoms with Crippen molar-refractivity contribution < 1.29 is 15.3 Å². The van der Waals surface area contributed by atoms with Crippen LogP contribution in [0.1, 0.15) is 105 Å². The summed E-state index contributed by atoms with van der Waals surface area (Å²) in [7, 11) is 0. The van der Waals surface area contributed by atoms with E-state index in [1.165, 1.54) is 25.7 Å². The summed E-state index contributed by atoms with van der Waals surface area (Å²) in [5, 5.41) is 33.0. The highest BCUT2D eigenvalue weighted by molar-refractivity contribution is 5.13. The summed E-state index contributed by atoms with van der Waals surface area (Å²) in [5.74, 6) is 3.27. The first kappa shape index (κ1) is 23.1. The Morgan fingerprint density at radius 1 is 0.900 bits per heavy atom. The van der Waals surface area contributed by atoms with E-state index in [4.69, 9.17) is 0 Å². The van der Waals surface area contributed by atoms with Crippen LogP contribution < -0.4 is 0 Å². The molecule has 3 heteroatoms. The van der Waals surface area contributed by atoms with Crippen molar-refractivity contribution in [3.05, 3.63) is 0 Å². The van der Waals surface area contributed by atoms with Crippen LogP contribution in [0.3, 0.4) is 0 Å². The first-order valence-corrected chi connectivity index (χ1v) is 13.1. The van der Waals surface area contributed by atoms with E-state index in [9.17, 15) is 15.3 Å². The minimum absolute atomic E-state index is 0.181. The number of hydrogen-bond donors (Lipinski definition) is 3. The molecule has 4 saturated carbocycles. The second-order valence-corrected chi connectivity index (χ2v) is 13.0. The van der Waals surface area contributed by atoms with Crippen molar-refractivity contribution in [3.63, 3.8) is 0 Å². The molecule has 0 aromatic heterocycles. The van der Waals surface area contributed by atoms with Gasteiger partial charge in [-0.05, 0) is 111 Å². The van der Waals surface area contributed by atoms with E-state index >= 15 is 0 Å². The Kier molecular flexibility index (Phi) is 6.17. The summed E-state index contributed by atoms with van der Waals surface area (Å²) in [4.78, 5) is 0. The lowest BCUT2D eigenvalue weighted by Crippen LogP contribution is -2.59. The number of fused-ring (bicyclic) bond motifs is 5. The second kappa shape index (κ2) is 8.03. The molecule has 0 spiro atoms. The Morgan fingerprint density at radius 3 is 2.27 bits per heavy atom. The van der Waals surface area contributed by atoms with E-state index in [1.807, 2.05) is 0 Å². The van der Waals surface area contributed by atoms with Crippen molar-refractivity contribution in [1.29, 1.82) is 0 Å².